The van der Waals surface area contributed by atoms with Crippen LogP contribution in [0, 0.1) is 12.8 Å². The van der Waals surface area contributed by atoms with Crippen molar-refractivity contribution in [1.29, 1.82) is 0 Å². The average Bonchev–Trinajstić information content (AvgIpc) is 2.69. The van der Waals surface area contributed by atoms with Gasteiger partial charge in [0.1, 0.15) is 5.82 Å². The van der Waals surface area contributed by atoms with E-state index in [0.717, 1.165) is 31.5 Å². The molecule has 3 heterocycles. The molecule has 0 aliphatic carbocycles. The van der Waals surface area contributed by atoms with Crippen LogP contribution in [0.5, 0.6) is 0 Å². The van der Waals surface area contributed by atoms with Gasteiger partial charge in [-0.05, 0) is 43.4 Å². The molecule has 2 atom stereocenters. The number of aromatic nitrogens is 2. The van der Waals surface area contributed by atoms with Gasteiger partial charge in [-0.3, -0.25) is 19.4 Å². The maximum Gasteiger partial charge on any atom is 0.258 e. The molecule has 3 N–H and O–H groups in total. The fraction of sp³-hybridized carbons (Fsp3) is 0.429. The van der Waals surface area contributed by atoms with E-state index in [1.807, 2.05) is 11.8 Å². The molecule has 2 aliphatic heterocycles. The minimum Gasteiger partial charge on any atom is -0.342 e. The maximum atomic E-state index is 13.0. The number of carbonyl (C=O) groups excluding carboxylic acids is 2. The fourth-order valence-corrected chi connectivity index (χ4v) is 4.24. The van der Waals surface area contributed by atoms with Crippen LogP contribution in [-0.4, -0.2) is 34.9 Å². The monoisotopic (exact) mass is 429 g/mol. The van der Waals surface area contributed by atoms with E-state index in [0.29, 0.717) is 22.6 Å². The van der Waals surface area contributed by atoms with Crippen molar-refractivity contribution in [2.45, 2.75) is 39.0 Å². The lowest BCUT2D eigenvalue weighted by atomic mass is 9.92. The zero-order valence-corrected chi connectivity index (χ0v) is 17.7. The second-order valence-electron chi connectivity index (χ2n) is 8.10. The molecule has 30 heavy (non-hydrogen) atoms. The molecule has 158 valence electrons. The number of fused-ring (bicyclic) bond motifs is 1. The molecule has 1 aromatic carbocycles. The SMILES string of the molecule is Cc1ccc(Cl)cc1NC(=O)[C@H]1CC(=O)Nc2nc(N3CCC[C@H](C)C3)[nH]c(=O)c21. The number of H-pyrrole nitrogens is 1. The maximum absolute atomic E-state index is 13.0. The molecule has 1 fully saturated rings. The van der Waals surface area contributed by atoms with Crippen molar-refractivity contribution >= 4 is 40.9 Å². The minimum absolute atomic E-state index is 0.122. The first kappa shape index (κ1) is 20.4. The molecule has 0 unspecified atom stereocenters. The van der Waals surface area contributed by atoms with Crippen LogP contribution in [0.15, 0.2) is 23.0 Å². The molecule has 2 amide bonds. The number of nitrogens with one attached hydrogen (secondary N) is 3. The number of halogens is 1. The number of amides is 2. The van der Waals surface area contributed by atoms with Gasteiger partial charge >= 0.3 is 0 Å². The highest BCUT2D eigenvalue weighted by atomic mass is 35.5. The van der Waals surface area contributed by atoms with Crippen molar-refractivity contribution in [3.63, 3.8) is 0 Å². The molecular weight excluding hydrogens is 406 g/mol. The standard InChI is InChI=1S/C21H24ClN5O3/c1-11-4-3-7-27(10-11)21-25-18-17(20(30)26-21)14(9-16(28)24-18)19(29)23-15-8-13(22)6-5-12(15)2/h5-6,8,11,14H,3-4,7,9-10H2,1-2H3,(H,23,29)(H2,24,25,26,28,30)/t11-,14-/m0/s1. The first-order valence-corrected chi connectivity index (χ1v) is 10.5. The Morgan fingerprint density at radius 3 is 2.90 bits per heavy atom. The van der Waals surface area contributed by atoms with E-state index in [1.165, 1.54) is 0 Å². The largest absolute Gasteiger partial charge is 0.342 e. The number of benzene rings is 1. The Labute approximate surface area is 179 Å². The van der Waals surface area contributed by atoms with Gasteiger partial charge in [-0.1, -0.05) is 24.6 Å². The van der Waals surface area contributed by atoms with Gasteiger partial charge in [0.25, 0.3) is 5.56 Å². The van der Waals surface area contributed by atoms with Crippen LogP contribution >= 0.6 is 11.6 Å². The number of carbonyl (C=O) groups is 2. The van der Waals surface area contributed by atoms with Crippen molar-refractivity contribution in [1.82, 2.24) is 9.97 Å². The quantitative estimate of drug-likeness (QED) is 0.695. The van der Waals surface area contributed by atoms with Crippen molar-refractivity contribution < 1.29 is 9.59 Å². The molecule has 0 spiro atoms. The van der Waals surface area contributed by atoms with Crippen LogP contribution in [0.1, 0.15) is 43.2 Å². The highest BCUT2D eigenvalue weighted by Crippen LogP contribution is 2.31. The number of aryl methyl sites for hydroxylation is 1. The van der Waals surface area contributed by atoms with E-state index in [4.69, 9.17) is 11.6 Å². The predicted molar refractivity (Wildman–Crippen MR) is 116 cm³/mol. The van der Waals surface area contributed by atoms with Gasteiger partial charge in [0.05, 0.1) is 11.5 Å². The summed E-state index contributed by atoms with van der Waals surface area (Å²) >= 11 is 6.03. The van der Waals surface area contributed by atoms with E-state index >= 15 is 0 Å². The second-order valence-corrected chi connectivity index (χ2v) is 8.54. The topological polar surface area (TPSA) is 107 Å². The summed E-state index contributed by atoms with van der Waals surface area (Å²) in [6.07, 6.45) is 2.02. The van der Waals surface area contributed by atoms with Crippen molar-refractivity contribution in [3.05, 3.63) is 44.7 Å². The Kier molecular flexibility index (Phi) is 5.51. The van der Waals surface area contributed by atoms with E-state index < -0.39 is 17.4 Å². The summed E-state index contributed by atoms with van der Waals surface area (Å²) in [6.45, 7) is 5.57. The highest BCUT2D eigenvalue weighted by Gasteiger charge is 2.35. The van der Waals surface area contributed by atoms with Gasteiger partial charge < -0.3 is 15.5 Å². The predicted octanol–water partition coefficient (Wildman–Crippen LogP) is 3.03. The lowest BCUT2D eigenvalue weighted by Gasteiger charge is -2.32. The number of nitrogens with zero attached hydrogens (tertiary/aromatic N) is 2. The summed E-state index contributed by atoms with van der Waals surface area (Å²) < 4.78 is 0. The minimum atomic E-state index is -0.933. The number of hydrogen-bond donors (Lipinski definition) is 3. The summed E-state index contributed by atoms with van der Waals surface area (Å²) in [5.74, 6) is -0.639. The van der Waals surface area contributed by atoms with Crippen LogP contribution in [0.4, 0.5) is 17.5 Å². The Hall–Kier alpha value is -2.87. The fourth-order valence-electron chi connectivity index (χ4n) is 4.06. The van der Waals surface area contributed by atoms with Crippen molar-refractivity contribution in [3.8, 4) is 0 Å². The summed E-state index contributed by atoms with van der Waals surface area (Å²) in [4.78, 5) is 47.5. The van der Waals surface area contributed by atoms with Crippen LogP contribution < -0.4 is 21.1 Å². The van der Waals surface area contributed by atoms with Crippen molar-refractivity contribution in [2.75, 3.05) is 28.6 Å². The summed E-state index contributed by atoms with van der Waals surface area (Å²) in [7, 11) is 0. The Bertz CT molecular complexity index is 1070. The third-order valence-electron chi connectivity index (χ3n) is 5.67. The van der Waals surface area contributed by atoms with E-state index in [-0.39, 0.29) is 23.7 Å². The first-order chi connectivity index (χ1) is 14.3. The number of piperidine rings is 1. The van der Waals surface area contributed by atoms with Crippen LogP contribution in [0.2, 0.25) is 5.02 Å². The lowest BCUT2D eigenvalue weighted by molar-refractivity contribution is -0.123. The molecule has 2 aliphatic rings. The lowest BCUT2D eigenvalue weighted by Crippen LogP contribution is -2.40. The second kappa shape index (κ2) is 8.10. The van der Waals surface area contributed by atoms with Crippen LogP contribution in [0.3, 0.4) is 0 Å². The zero-order valence-electron chi connectivity index (χ0n) is 16.9. The molecule has 8 nitrogen and oxygen atoms in total. The molecule has 0 bridgehead atoms. The van der Waals surface area contributed by atoms with Gasteiger partial charge in [-0.2, -0.15) is 4.98 Å². The van der Waals surface area contributed by atoms with Crippen molar-refractivity contribution in [2.24, 2.45) is 5.92 Å². The van der Waals surface area contributed by atoms with Gasteiger partial charge in [0.2, 0.25) is 17.8 Å². The molecule has 9 heteroatoms. The third kappa shape index (κ3) is 4.05. The molecule has 4 rings (SSSR count). The van der Waals surface area contributed by atoms with E-state index in [2.05, 4.69) is 27.5 Å². The normalized spacial score (nSPS) is 21.0. The van der Waals surface area contributed by atoms with Gasteiger partial charge in [-0.15, -0.1) is 0 Å². The number of anilines is 3. The summed E-state index contributed by atoms with van der Waals surface area (Å²) in [6, 6.07) is 5.16. The van der Waals surface area contributed by atoms with Crippen LogP contribution in [0.25, 0.3) is 0 Å². The molecular formula is C21H24ClN5O3. The molecule has 1 saturated heterocycles. The smallest absolute Gasteiger partial charge is 0.258 e. The zero-order chi connectivity index (χ0) is 21.4. The number of aromatic amines is 1. The van der Waals surface area contributed by atoms with Gasteiger partial charge in [-0.25, -0.2) is 0 Å². The summed E-state index contributed by atoms with van der Waals surface area (Å²) in [5, 5.41) is 5.95. The van der Waals surface area contributed by atoms with E-state index in [9.17, 15) is 14.4 Å². The number of rotatable bonds is 3. The first-order valence-electron chi connectivity index (χ1n) is 10.1. The highest BCUT2D eigenvalue weighted by molar-refractivity contribution is 6.31. The molecule has 2 aromatic rings. The summed E-state index contributed by atoms with van der Waals surface area (Å²) in [5.41, 5.74) is 1.15. The Balaban J connectivity index is 1.66. The molecule has 1 aromatic heterocycles. The van der Waals surface area contributed by atoms with E-state index in [1.54, 1.807) is 18.2 Å². The Morgan fingerprint density at radius 1 is 1.33 bits per heavy atom. The van der Waals surface area contributed by atoms with Gasteiger partial charge in [0, 0.05) is 30.2 Å². The third-order valence-corrected chi connectivity index (χ3v) is 5.90. The Morgan fingerprint density at radius 2 is 2.13 bits per heavy atom. The molecule has 0 radical (unpaired) electrons. The average molecular weight is 430 g/mol. The molecule has 0 saturated carbocycles. The number of hydrogen-bond acceptors (Lipinski definition) is 5. The van der Waals surface area contributed by atoms with Gasteiger partial charge in [0.15, 0.2) is 0 Å². The van der Waals surface area contributed by atoms with Crippen LogP contribution in [-0.2, 0) is 9.59 Å².